The summed E-state index contributed by atoms with van der Waals surface area (Å²) in [6, 6.07) is 0. The molecule has 0 saturated carbocycles. The van der Waals surface area contributed by atoms with Crippen molar-refractivity contribution in [3.63, 3.8) is 0 Å². The van der Waals surface area contributed by atoms with Crippen LogP contribution in [0.3, 0.4) is 0 Å². The maximum atomic E-state index is 11.6. The van der Waals surface area contributed by atoms with Crippen molar-refractivity contribution in [2.45, 2.75) is 20.3 Å². The topological polar surface area (TPSA) is 38.3 Å². The zero-order valence-electron chi connectivity index (χ0n) is 8.35. The zero-order valence-corrected chi connectivity index (χ0v) is 9.16. The third kappa shape index (κ3) is 1.39. The second-order valence-corrected chi connectivity index (χ2v) is 4.48. The Morgan fingerprint density at radius 1 is 1.57 bits per heavy atom. The van der Waals surface area contributed by atoms with Gasteiger partial charge in [0, 0.05) is 10.4 Å². The summed E-state index contributed by atoms with van der Waals surface area (Å²) in [5.41, 5.74) is 1.18. The number of ether oxygens (including phenoxy) is 1. The molecule has 0 radical (unpaired) electrons. The van der Waals surface area contributed by atoms with Gasteiger partial charge in [-0.25, -0.2) is 0 Å². The van der Waals surface area contributed by atoms with Gasteiger partial charge in [0.25, 0.3) is 5.91 Å². The van der Waals surface area contributed by atoms with Gasteiger partial charge in [0.2, 0.25) is 0 Å². The van der Waals surface area contributed by atoms with E-state index in [2.05, 4.69) is 12.2 Å². The van der Waals surface area contributed by atoms with Crippen LogP contribution in [0.2, 0.25) is 0 Å². The van der Waals surface area contributed by atoms with Crippen molar-refractivity contribution in [3.8, 4) is 5.75 Å². The lowest BCUT2D eigenvalue weighted by Crippen LogP contribution is -2.23. The number of fused-ring (bicyclic) bond motifs is 1. The van der Waals surface area contributed by atoms with Gasteiger partial charge >= 0.3 is 0 Å². The average Bonchev–Trinajstić information content (AvgIpc) is 2.39. The highest BCUT2D eigenvalue weighted by Gasteiger charge is 2.23. The molecule has 1 aliphatic rings. The molecule has 0 atom stereocenters. The van der Waals surface area contributed by atoms with Crippen molar-refractivity contribution in [3.05, 3.63) is 15.3 Å². The molecule has 1 aliphatic heterocycles. The second-order valence-electron chi connectivity index (χ2n) is 3.25. The summed E-state index contributed by atoms with van der Waals surface area (Å²) in [5, 5.41) is 2.81. The largest absolute Gasteiger partial charge is 0.490 e. The Kier molecular flexibility index (Phi) is 2.46. The predicted octanol–water partition coefficient (Wildman–Crippen LogP) is 1.74. The Balaban J connectivity index is 2.52. The van der Waals surface area contributed by atoms with Gasteiger partial charge in [0.1, 0.15) is 17.2 Å². The summed E-state index contributed by atoms with van der Waals surface area (Å²) in [7, 11) is 0. The van der Waals surface area contributed by atoms with Crippen molar-refractivity contribution in [1.29, 1.82) is 0 Å². The van der Waals surface area contributed by atoms with Crippen LogP contribution in [0.4, 0.5) is 0 Å². The molecule has 0 fully saturated rings. The fourth-order valence-electron chi connectivity index (χ4n) is 1.67. The predicted molar refractivity (Wildman–Crippen MR) is 56.3 cm³/mol. The number of carbonyl (C=O) groups is 1. The van der Waals surface area contributed by atoms with Crippen molar-refractivity contribution < 1.29 is 9.53 Å². The number of thiophene rings is 1. The van der Waals surface area contributed by atoms with Crippen LogP contribution in [0.1, 0.15) is 27.0 Å². The Hall–Kier alpha value is -1.03. The maximum absolute atomic E-state index is 11.6. The molecule has 1 amide bonds. The number of hydrogen-bond donors (Lipinski definition) is 1. The molecule has 0 aromatic carbocycles. The van der Waals surface area contributed by atoms with E-state index in [1.807, 2.05) is 6.92 Å². The first-order valence-corrected chi connectivity index (χ1v) is 5.59. The number of nitrogens with one attached hydrogen (secondary N) is 1. The number of amides is 1. The van der Waals surface area contributed by atoms with Crippen LogP contribution in [0.25, 0.3) is 0 Å². The van der Waals surface area contributed by atoms with Crippen LogP contribution in [0.15, 0.2) is 0 Å². The summed E-state index contributed by atoms with van der Waals surface area (Å²) < 4.78 is 5.59. The molecule has 3 nitrogen and oxygen atoms in total. The van der Waals surface area contributed by atoms with Gasteiger partial charge in [0.05, 0.1) is 6.54 Å². The highest BCUT2D eigenvalue weighted by molar-refractivity contribution is 7.14. The zero-order chi connectivity index (χ0) is 10.1. The molecule has 1 aromatic heterocycles. The van der Waals surface area contributed by atoms with E-state index in [0.717, 1.165) is 17.0 Å². The van der Waals surface area contributed by atoms with Crippen LogP contribution in [0, 0.1) is 6.92 Å². The Bertz CT molecular complexity index is 370. The third-order valence-electron chi connectivity index (χ3n) is 2.35. The molecule has 0 spiro atoms. The van der Waals surface area contributed by atoms with Crippen LogP contribution in [-0.4, -0.2) is 19.1 Å². The van der Waals surface area contributed by atoms with Gasteiger partial charge in [0.15, 0.2) is 0 Å². The SMILES string of the molecule is CCc1c(C)sc2c1OCCNC2=O. The van der Waals surface area contributed by atoms with Crippen LogP contribution in [-0.2, 0) is 6.42 Å². The Morgan fingerprint density at radius 3 is 3.07 bits per heavy atom. The molecule has 0 saturated heterocycles. The van der Waals surface area contributed by atoms with E-state index in [1.54, 1.807) is 0 Å². The lowest BCUT2D eigenvalue weighted by Gasteiger charge is -2.03. The molecular weight excluding hydrogens is 198 g/mol. The average molecular weight is 211 g/mol. The quantitative estimate of drug-likeness (QED) is 0.768. The number of hydrogen-bond acceptors (Lipinski definition) is 3. The van der Waals surface area contributed by atoms with Crippen LogP contribution >= 0.6 is 11.3 Å². The highest BCUT2D eigenvalue weighted by atomic mass is 32.1. The summed E-state index contributed by atoms with van der Waals surface area (Å²) in [5.74, 6) is 0.815. The minimum atomic E-state index is 0.00491. The minimum absolute atomic E-state index is 0.00491. The van der Waals surface area contributed by atoms with Crippen molar-refractivity contribution >= 4 is 17.2 Å². The number of carbonyl (C=O) groups excluding carboxylic acids is 1. The smallest absolute Gasteiger partial charge is 0.265 e. The first kappa shape index (κ1) is 9.52. The van der Waals surface area contributed by atoms with E-state index in [-0.39, 0.29) is 5.91 Å². The first-order valence-electron chi connectivity index (χ1n) is 4.77. The monoisotopic (exact) mass is 211 g/mol. The molecule has 0 unspecified atom stereocenters. The molecule has 76 valence electrons. The van der Waals surface area contributed by atoms with E-state index in [4.69, 9.17) is 4.74 Å². The van der Waals surface area contributed by atoms with Gasteiger partial charge in [-0.05, 0) is 13.3 Å². The Morgan fingerprint density at radius 2 is 2.36 bits per heavy atom. The van der Waals surface area contributed by atoms with E-state index in [9.17, 15) is 4.79 Å². The fraction of sp³-hybridized carbons (Fsp3) is 0.500. The van der Waals surface area contributed by atoms with Gasteiger partial charge < -0.3 is 10.1 Å². The molecule has 2 rings (SSSR count). The third-order valence-corrected chi connectivity index (χ3v) is 3.48. The van der Waals surface area contributed by atoms with Gasteiger partial charge in [-0.1, -0.05) is 6.92 Å². The van der Waals surface area contributed by atoms with Crippen molar-refractivity contribution in [2.24, 2.45) is 0 Å². The molecule has 1 aromatic rings. The standard InChI is InChI=1S/C10H13NO2S/c1-3-7-6(2)14-9-8(7)13-5-4-11-10(9)12/h3-5H2,1-2H3,(H,11,12). The van der Waals surface area contributed by atoms with E-state index in [1.165, 1.54) is 21.8 Å². The first-order chi connectivity index (χ1) is 6.74. The summed E-state index contributed by atoms with van der Waals surface area (Å²) in [4.78, 5) is 13.5. The van der Waals surface area contributed by atoms with Crippen LogP contribution < -0.4 is 10.1 Å². The fourth-order valence-corrected chi connectivity index (χ4v) is 2.77. The van der Waals surface area contributed by atoms with Gasteiger partial charge in [-0.15, -0.1) is 11.3 Å². The summed E-state index contributed by atoms with van der Waals surface area (Å²) >= 11 is 1.53. The van der Waals surface area contributed by atoms with E-state index in [0.29, 0.717) is 13.2 Å². The van der Waals surface area contributed by atoms with Crippen molar-refractivity contribution in [2.75, 3.05) is 13.2 Å². The number of aryl methyl sites for hydroxylation is 1. The van der Waals surface area contributed by atoms with E-state index < -0.39 is 0 Å². The molecule has 0 bridgehead atoms. The minimum Gasteiger partial charge on any atom is -0.490 e. The highest BCUT2D eigenvalue weighted by Crippen LogP contribution is 2.36. The molecule has 14 heavy (non-hydrogen) atoms. The lowest BCUT2D eigenvalue weighted by molar-refractivity contribution is 0.0961. The van der Waals surface area contributed by atoms with Gasteiger partial charge in [-0.3, -0.25) is 4.79 Å². The van der Waals surface area contributed by atoms with Crippen molar-refractivity contribution in [1.82, 2.24) is 5.32 Å². The number of rotatable bonds is 1. The second kappa shape index (κ2) is 3.61. The molecule has 2 heterocycles. The maximum Gasteiger partial charge on any atom is 0.265 e. The summed E-state index contributed by atoms with van der Waals surface area (Å²) in [6.45, 7) is 5.29. The molecule has 1 N–H and O–H groups in total. The molecule has 0 aliphatic carbocycles. The van der Waals surface area contributed by atoms with E-state index >= 15 is 0 Å². The molecular formula is C10H13NO2S. The normalized spacial score (nSPS) is 15.4. The molecule has 4 heteroatoms. The van der Waals surface area contributed by atoms with Gasteiger partial charge in [-0.2, -0.15) is 0 Å². The summed E-state index contributed by atoms with van der Waals surface area (Å²) in [6.07, 6.45) is 0.922. The Labute approximate surface area is 87.1 Å². The van der Waals surface area contributed by atoms with Crippen LogP contribution in [0.5, 0.6) is 5.75 Å². The lowest BCUT2D eigenvalue weighted by atomic mass is 10.2.